The first-order valence-corrected chi connectivity index (χ1v) is 24.5. The van der Waals surface area contributed by atoms with E-state index in [1.165, 1.54) is 86.1 Å². The first kappa shape index (κ1) is 38.6. The fraction of sp³-hybridized carbons (Fsp3) is 0.0469. The molecular weight excluding hydrogens is 857 g/mol. The molecule has 322 valence electrons. The molecule has 0 amide bonds. The highest BCUT2D eigenvalue weighted by molar-refractivity contribution is 7.26. The smallest absolute Gasteiger partial charge is 0.164 e. The Kier molecular flexibility index (Phi) is 7.97. The van der Waals surface area contributed by atoms with Gasteiger partial charge in [-0.05, 0) is 109 Å². The van der Waals surface area contributed by atoms with E-state index < -0.39 is 0 Å². The summed E-state index contributed by atoms with van der Waals surface area (Å²) in [4.78, 5) is 16.0. The van der Waals surface area contributed by atoms with Crippen molar-refractivity contribution in [1.82, 2.24) is 19.4 Å². The van der Waals surface area contributed by atoms with Gasteiger partial charge >= 0.3 is 0 Å². The highest BCUT2D eigenvalue weighted by atomic mass is 32.1. The summed E-state index contributed by atoms with van der Waals surface area (Å²) in [6.45, 7) is 4.63. The van der Waals surface area contributed by atoms with Crippen LogP contribution in [0.2, 0.25) is 0 Å². The van der Waals surface area contributed by atoms with Crippen LogP contribution in [0.25, 0.3) is 137 Å². The van der Waals surface area contributed by atoms with E-state index >= 15 is 0 Å². The van der Waals surface area contributed by atoms with E-state index in [0.717, 1.165) is 44.2 Å². The van der Waals surface area contributed by atoms with Gasteiger partial charge in [-0.1, -0.05) is 172 Å². The standard InChI is InChI=1S/C64H40N4S/c1-64(2)51-21-8-6-18-48(51)57-49(20-11-22-52(57)64)63-66-61(42-16-10-15-39(33-42)37-13-4-3-5-14-37)65-62(67-63)43-28-26-38-25-27-40(34-44(38)35-43)41-29-31-54-50(36-41)47-30-32-56-59-58-46(19-12-24-55(58)69-56)45-17-7-9-23-53(45)68(54)60(47)59/h3-36H,1-2H3. The summed E-state index contributed by atoms with van der Waals surface area (Å²) >= 11 is 1.89. The van der Waals surface area contributed by atoms with Crippen molar-refractivity contribution >= 4 is 80.4 Å². The van der Waals surface area contributed by atoms with Crippen LogP contribution in [0.5, 0.6) is 0 Å². The molecule has 4 nitrogen and oxygen atoms in total. The number of benzene rings is 10. The van der Waals surface area contributed by atoms with Gasteiger partial charge in [0.25, 0.3) is 0 Å². The second-order valence-corrected chi connectivity index (χ2v) is 20.2. The van der Waals surface area contributed by atoms with Crippen molar-refractivity contribution in [2.45, 2.75) is 19.3 Å². The minimum absolute atomic E-state index is 0.155. The SMILES string of the molecule is CC1(C)c2ccccc2-c2c(-c3nc(-c4cccc(-c5ccccc5)c4)nc(-c4ccc5ccc(-c6ccc7c(c6)c6ccc8sc9cccc%10c%11ccccc%11n7c6c8c9%10)cc5c4)n3)cccc21. The lowest BCUT2D eigenvalue weighted by Crippen LogP contribution is -2.14. The molecule has 5 heteroatoms. The molecule has 14 aromatic rings. The molecule has 10 aromatic carbocycles. The Morgan fingerprint density at radius 3 is 1.88 bits per heavy atom. The quantitative estimate of drug-likeness (QED) is 0.173. The Morgan fingerprint density at radius 1 is 0.377 bits per heavy atom. The maximum Gasteiger partial charge on any atom is 0.164 e. The van der Waals surface area contributed by atoms with Gasteiger partial charge in [-0.2, -0.15) is 0 Å². The molecule has 0 spiro atoms. The maximum absolute atomic E-state index is 5.37. The molecule has 0 bridgehead atoms. The lowest BCUT2D eigenvalue weighted by Gasteiger charge is -2.21. The molecule has 0 radical (unpaired) electrons. The summed E-state index contributed by atoms with van der Waals surface area (Å²) in [5.41, 5.74) is 16.1. The molecule has 0 unspecified atom stereocenters. The van der Waals surface area contributed by atoms with Gasteiger partial charge in [-0.3, -0.25) is 0 Å². The van der Waals surface area contributed by atoms with Crippen molar-refractivity contribution in [3.63, 3.8) is 0 Å². The van der Waals surface area contributed by atoms with Crippen LogP contribution in [0.3, 0.4) is 0 Å². The molecular formula is C64H40N4S. The van der Waals surface area contributed by atoms with Crippen molar-refractivity contribution in [3.05, 3.63) is 217 Å². The van der Waals surface area contributed by atoms with Gasteiger partial charge in [0, 0.05) is 58.4 Å². The summed E-state index contributed by atoms with van der Waals surface area (Å²) in [5, 5.41) is 10.1. The fourth-order valence-electron chi connectivity index (χ4n) is 11.7. The molecule has 0 fully saturated rings. The first-order valence-electron chi connectivity index (χ1n) is 23.7. The Labute approximate surface area is 401 Å². The molecule has 0 saturated heterocycles. The van der Waals surface area contributed by atoms with E-state index in [4.69, 9.17) is 15.0 Å². The molecule has 4 aromatic heterocycles. The average molecular weight is 897 g/mol. The summed E-state index contributed by atoms with van der Waals surface area (Å²) in [6, 6.07) is 75.2. The van der Waals surface area contributed by atoms with Gasteiger partial charge in [0.2, 0.25) is 0 Å². The van der Waals surface area contributed by atoms with Crippen LogP contribution < -0.4 is 0 Å². The normalized spacial score (nSPS) is 13.2. The Bertz CT molecular complexity index is 4450. The zero-order valence-electron chi connectivity index (χ0n) is 37.8. The second kappa shape index (κ2) is 14.3. The number of aromatic nitrogens is 4. The number of rotatable bonds is 5. The van der Waals surface area contributed by atoms with Crippen molar-refractivity contribution in [2.24, 2.45) is 0 Å². The van der Waals surface area contributed by atoms with Gasteiger partial charge in [0.15, 0.2) is 17.5 Å². The second-order valence-electron chi connectivity index (χ2n) is 19.1. The van der Waals surface area contributed by atoms with Crippen LogP contribution in [-0.4, -0.2) is 19.4 Å². The predicted molar refractivity (Wildman–Crippen MR) is 290 cm³/mol. The largest absolute Gasteiger partial charge is 0.308 e. The van der Waals surface area contributed by atoms with Crippen LogP contribution in [0, 0.1) is 0 Å². The minimum atomic E-state index is -0.155. The summed E-state index contributed by atoms with van der Waals surface area (Å²) in [7, 11) is 0. The number of nitrogens with zero attached hydrogens (tertiary/aromatic N) is 4. The molecule has 0 atom stereocenters. The average Bonchev–Trinajstić information content (AvgIpc) is 4.00. The molecule has 15 rings (SSSR count). The third-order valence-corrected chi connectivity index (χ3v) is 16.1. The van der Waals surface area contributed by atoms with Crippen molar-refractivity contribution < 1.29 is 0 Å². The molecule has 0 saturated carbocycles. The Balaban J connectivity index is 0.901. The summed E-state index contributed by atoms with van der Waals surface area (Å²) in [5.74, 6) is 1.95. The van der Waals surface area contributed by atoms with E-state index in [9.17, 15) is 0 Å². The molecule has 0 N–H and O–H groups in total. The highest BCUT2D eigenvalue weighted by Crippen LogP contribution is 2.52. The van der Waals surface area contributed by atoms with E-state index in [1.54, 1.807) is 0 Å². The molecule has 0 aliphatic heterocycles. The monoisotopic (exact) mass is 896 g/mol. The van der Waals surface area contributed by atoms with Crippen LogP contribution in [0.4, 0.5) is 0 Å². The fourth-order valence-corrected chi connectivity index (χ4v) is 12.8. The van der Waals surface area contributed by atoms with Gasteiger partial charge in [0.1, 0.15) is 0 Å². The van der Waals surface area contributed by atoms with Crippen molar-refractivity contribution in [3.8, 4) is 67.5 Å². The first-order chi connectivity index (χ1) is 33.9. The zero-order valence-corrected chi connectivity index (χ0v) is 38.6. The van der Waals surface area contributed by atoms with Crippen molar-refractivity contribution in [1.29, 1.82) is 0 Å². The summed E-state index contributed by atoms with van der Waals surface area (Å²) in [6.07, 6.45) is 0. The number of hydrogen-bond acceptors (Lipinski definition) is 4. The highest BCUT2D eigenvalue weighted by Gasteiger charge is 2.37. The Hall–Kier alpha value is -8.51. The third kappa shape index (κ3) is 5.59. The van der Waals surface area contributed by atoms with Gasteiger partial charge in [-0.15, -0.1) is 11.3 Å². The van der Waals surface area contributed by atoms with Gasteiger partial charge in [-0.25, -0.2) is 15.0 Å². The number of fused-ring (bicyclic) bond motifs is 10. The van der Waals surface area contributed by atoms with Crippen molar-refractivity contribution in [2.75, 3.05) is 0 Å². The van der Waals surface area contributed by atoms with E-state index in [2.05, 4.69) is 225 Å². The van der Waals surface area contributed by atoms with Crippen LogP contribution in [0.15, 0.2) is 206 Å². The molecule has 1 aliphatic carbocycles. The summed E-state index contributed by atoms with van der Waals surface area (Å²) < 4.78 is 5.18. The predicted octanol–water partition coefficient (Wildman–Crippen LogP) is 17.2. The van der Waals surface area contributed by atoms with Crippen LogP contribution in [-0.2, 0) is 5.41 Å². The third-order valence-electron chi connectivity index (χ3n) is 15.0. The lowest BCUT2D eigenvalue weighted by atomic mass is 9.82. The molecule has 4 heterocycles. The topological polar surface area (TPSA) is 43.1 Å². The van der Waals surface area contributed by atoms with Gasteiger partial charge < -0.3 is 4.40 Å². The van der Waals surface area contributed by atoms with Gasteiger partial charge in [0.05, 0.1) is 16.6 Å². The lowest BCUT2D eigenvalue weighted by molar-refractivity contribution is 0.660. The Morgan fingerprint density at radius 2 is 0.986 bits per heavy atom. The van der Waals surface area contributed by atoms with E-state index in [0.29, 0.717) is 17.5 Å². The molecule has 1 aliphatic rings. The number of thiophene rings is 1. The maximum atomic E-state index is 5.37. The zero-order chi connectivity index (χ0) is 45.5. The number of para-hydroxylation sites is 1. The molecule has 69 heavy (non-hydrogen) atoms. The van der Waals surface area contributed by atoms with Crippen LogP contribution in [0.1, 0.15) is 25.0 Å². The van der Waals surface area contributed by atoms with E-state index in [-0.39, 0.29) is 5.41 Å². The van der Waals surface area contributed by atoms with Crippen LogP contribution >= 0.6 is 11.3 Å². The number of hydrogen-bond donors (Lipinski definition) is 0. The minimum Gasteiger partial charge on any atom is -0.308 e. The van der Waals surface area contributed by atoms with E-state index in [1.807, 2.05) is 11.3 Å².